The van der Waals surface area contributed by atoms with Crippen molar-refractivity contribution >= 4 is 22.9 Å². The highest BCUT2D eigenvalue weighted by atomic mass is 16.5. The second-order valence-electron chi connectivity index (χ2n) is 9.47. The molecule has 32 heavy (non-hydrogen) atoms. The Hall–Kier alpha value is -2.31. The molecule has 1 N–H and O–H groups in total. The van der Waals surface area contributed by atoms with Crippen LogP contribution in [-0.4, -0.2) is 50.5 Å². The summed E-state index contributed by atoms with van der Waals surface area (Å²) in [5, 5.41) is 3.62. The van der Waals surface area contributed by atoms with E-state index in [1.54, 1.807) is 0 Å². The largest absolute Gasteiger partial charge is 0.378 e. The molecule has 0 bridgehead atoms. The summed E-state index contributed by atoms with van der Waals surface area (Å²) in [7, 11) is 0. The molecule has 5 rings (SSSR count). The lowest BCUT2D eigenvalue weighted by molar-refractivity contribution is -0.00985. The summed E-state index contributed by atoms with van der Waals surface area (Å²) < 4.78 is 11.6. The van der Waals surface area contributed by atoms with Crippen molar-refractivity contribution in [1.82, 2.24) is 4.98 Å². The van der Waals surface area contributed by atoms with E-state index in [9.17, 15) is 0 Å². The van der Waals surface area contributed by atoms with Gasteiger partial charge in [-0.15, -0.1) is 0 Å². The molecule has 0 unspecified atom stereocenters. The summed E-state index contributed by atoms with van der Waals surface area (Å²) in [5.41, 5.74) is 4.97. The number of ether oxygens (including phenoxy) is 2. The lowest BCUT2D eigenvalue weighted by atomic mass is 9.80. The van der Waals surface area contributed by atoms with Crippen LogP contribution in [0.25, 0.3) is 0 Å². The molecule has 3 aliphatic rings. The fourth-order valence-electron chi connectivity index (χ4n) is 5.58. The van der Waals surface area contributed by atoms with Gasteiger partial charge < -0.3 is 24.6 Å². The first-order valence-corrected chi connectivity index (χ1v) is 12.3. The molecule has 2 aliphatic heterocycles. The van der Waals surface area contributed by atoms with Crippen LogP contribution < -0.4 is 15.1 Å². The van der Waals surface area contributed by atoms with Crippen molar-refractivity contribution in [2.45, 2.75) is 45.8 Å². The third kappa shape index (κ3) is 4.57. The molecule has 172 valence electrons. The van der Waals surface area contributed by atoms with Gasteiger partial charge in [-0.2, -0.15) is 0 Å². The number of hydrogen-bond donors (Lipinski definition) is 1. The highest BCUT2D eigenvalue weighted by Gasteiger charge is 2.30. The minimum atomic E-state index is 0.423. The van der Waals surface area contributed by atoms with Gasteiger partial charge in [0.15, 0.2) is 0 Å². The Labute approximate surface area is 191 Å². The van der Waals surface area contributed by atoms with Crippen LogP contribution in [0, 0.1) is 11.8 Å². The molecule has 2 fully saturated rings. The van der Waals surface area contributed by atoms with Crippen LogP contribution in [-0.2, 0) is 16.0 Å². The fourth-order valence-corrected chi connectivity index (χ4v) is 5.58. The van der Waals surface area contributed by atoms with Crippen LogP contribution in [0.5, 0.6) is 0 Å². The van der Waals surface area contributed by atoms with Crippen LogP contribution in [0.2, 0.25) is 0 Å². The van der Waals surface area contributed by atoms with Gasteiger partial charge in [0.1, 0.15) is 5.82 Å². The molecule has 1 aliphatic carbocycles. The zero-order valence-corrected chi connectivity index (χ0v) is 19.4. The Balaban J connectivity index is 1.42. The van der Waals surface area contributed by atoms with E-state index in [1.165, 1.54) is 36.2 Å². The highest BCUT2D eigenvalue weighted by molar-refractivity contribution is 5.81. The summed E-state index contributed by atoms with van der Waals surface area (Å²) in [5.74, 6) is 2.27. The molecular formula is C26H36N4O2. The first-order valence-electron chi connectivity index (χ1n) is 12.3. The Morgan fingerprint density at radius 3 is 2.88 bits per heavy atom. The maximum atomic E-state index is 5.99. The van der Waals surface area contributed by atoms with Crippen LogP contribution >= 0.6 is 0 Å². The molecule has 0 radical (unpaired) electrons. The first kappa shape index (κ1) is 21.5. The summed E-state index contributed by atoms with van der Waals surface area (Å²) in [6.45, 7) is 10.7. The van der Waals surface area contributed by atoms with Gasteiger partial charge in [0, 0.05) is 50.2 Å². The van der Waals surface area contributed by atoms with Gasteiger partial charge in [0.25, 0.3) is 0 Å². The number of aromatic nitrogens is 1. The number of nitrogens with one attached hydrogen (secondary N) is 1. The van der Waals surface area contributed by atoms with Gasteiger partial charge in [-0.25, -0.2) is 4.98 Å². The number of anilines is 4. The van der Waals surface area contributed by atoms with E-state index < -0.39 is 0 Å². The van der Waals surface area contributed by atoms with E-state index in [2.05, 4.69) is 58.2 Å². The van der Waals surface area contributed by atoms with E-state index >= 15 is 0 Å². The molecule has 3 heterocycles. The zero-order chi connectivity index (χ0) is 21.9. The molecule has 3 atom stereocenters. The molecule has 1 saturated heterocycles. The van der Waals surface area contributed by atoms with E-state index in [-0.39, 0.29) is 0 Å². The minimum Gasteiger partial charge on any atom is -0.378 e. The lowest BCUT2D eigenvalue weighted by Gasteiger charge is -2.37. The van der Waals surface area contributed by atoms with Gasteiger partial charge >= 0.3 is 0 Å². The average Bonchev–Trinajstić information content (AvgIpc) is 2.97. The van der Waals surface area contributed by atoms with Crippen LogP contribution in [0.1, 0.15) is 38.7 Å². The molecule has 1 aromatic carbocycles. The summed E-state index contributed by atoms with van der Waals surface area (Å²) in [6, 6.07) is 11.1. The first-order chi connectivity index (χ1) is 15.7. The molecule has 1 aromatic heterocycles. The number of rotatable bonds is 5. The average molecular weight is 437 g/mol. The topological polar surface area (TPSA) is 49.9 Å². The molecule has 6 heteroatoms. The highest BCUT2D eigenvalue weighted by Crippen LogP contribution is 2.40. The Morgan fingerprint density at radius 2 is 2.06 bits per heavy atom. The molecular weight excluding hydrogens is 400 g/mol. The lowest BCUT2D eigenvalue weighted by Crippen LogP contribution is -2.37. The predicted molar refractivity (Wildman–Crippen MR) is 130 cm³/mol. The van der Waals surface area contributed by atoms with Crippen molar-refractivity contribution in [1.29, 1.82) is 0 Å². The summed E-state index contributed by atoms with van der Waals surface area (Å²) >= 11 is 0. The van der Waals surface area contributed by atoms with Gasteiger partial charge in [-0.05, 0) is 62.3 Å². The maximum absolute atomic E-state index is 5.99. The zero-order valence-electron chi connectivity index (χ0n) is 19.4. The Morgan fingerprint density at radius 1 is 1.19 bits per heavy atom. The molecule has 0 amide bonds. The third-order valence-electron chi connectivity index (χ3n) is 7.26. The summed E-state index contributed by atoms with van der Waals surface area (Å²) in [4.78, 5) is 9.65. The monoisotopic (exact) mass is 436 g/mol. The number of morpholine rings is 1. The van der Waals surface area contributed by atoms with Gasteiger partial charge in [-0.3, -0.25) is 0 Å². The van der Waals surface area contributed by atoms with Crippen molar-refractivity contribution in [3.05, 3.63) is 42.1 Å². The number of fused-ring (bicyclic) bond motifs is 2. The molecule has 0 spiro atoms. The molecule has 6 nitrogen and oxygen atoms in total. The number of hydrogen-bond acceptors (Lipinski definition) is 6. The van der Waals surface area contributed by atoms with Crippen molar-refractivity contribution in [3.63, 3.8) is 0 Å². The second kappa shape index (κ2) is 9.67. The SMILES string of the molecule is CCO[C@H]1CC[C@@H](CN2Cc3cccnc3Nc3ccc(N4CCOCC4)cc32)C[C@H]1C. The normalized spacial score (nSPS) is 25.5. The van der Waals surface area contributed by atoms with Crippen LogP contribution in [0.4, 0.5) is 22.9 Å². The number of pyridine rings is 1. The van der Waals surface area contributed by atoms with Crippen molar-refractivity contribution in [2.75, 3.05) is 54.6 Å². The second-order valence-corrected chi connectivity index (χ2v) is 9.47. The maximum Gasteiger partial charge on any atom is 0.135 e. The number of benzene rings is 1. The van der Waals surface area contributed by atoms with Gasteiger partial charge in [0.2, 0.25) is 0 Å². The van der Waals surface area contributed by atoms with Gasteiger partial charge in [-0.1, -0.05) is 13.0 Å². The summed E-state index contributed by atoms with van der Waals surface area (Å²) in [6.07, 6.45) is 5.93. The number of nitrogens with zero attached hydrogens (tertiary/aromatic N) is 3. The van der Waals surface area contributed by atoms with E-state index in [0.717, 1.165) is 57.5 Å². The molecule has 1 saturated carbocycles. The standard InChI is InChI=1S/C26H36N4O2/c1-3-32-25-9-6-20(15-19(25)2)17-30-18-21-5-4-10-27-26(21)28-23-8-7-22(16-24(23)30)29-11-13-31-14-12-29/h4-5,7-8,10,16,19-20,25H,3,6,9,11-15,17-18H2,1-2H3,(H,27,28)/t19-,20-,25+/m1/s1. The fraction of sp³-hybridized carbons (Fsp3) is 0.577. The van der Waals surface area contributed by atoms with Crippen molar-refractivity contribution in [2.24, 2.45) is 11.8 Å². The van der Waals surface area contributed by atoms with Crippen molar-refractivity contribution in [3.8, 4) is 0 Å². The Kier molecular flexibility index (Phi) is 6.51. The van der Waals surface area contributed by atoms with E-state index in [4.69, 9.17) is 9.47 Å². The predicted octanol–water partition coefficient (Wildman–Crippen LogP) is 4.82. The minimum absolute atomic E-state index is 0.423. The van der Waals surface area contributed by atoms with E-state index in [0.29, 0.717) is 17.9 Å². The Bertz CT molecular complexity index is 914. The molecule has 2 aromatic rings. The van der Waals surface area contributed by atoms with Crippen LogP contribution in [0.3, 0.4) is 0 Å². The van der Waals surface area contributed by atoms with Crippen LogP contribution in [0.15, 0.2) is 36.5 Å². The quantitative estimate of drug-likeness (QED) is 0.725. The van der Waals surface area contributed by atoms with E-state index in [1.807, 2.05) is 12.3 Å². The van der Waals surface area contributed by atoms with Crippen molar-refractivity contribution < 1.29 is 9.47 Å². The third-order valence-corrected chi connectivity index (χ3v) is 7.26. The smallest absolute Gasteiger partial charge is 0.135 e. The van der Waals surface area contributed by atoms with Gasteiger partial charge in [0.05, 0.1) is 30.7 Å².